The van der Waals surface area contributed by atoms with Crippen LogP contribution in [0, 0.1) is 13.8 Å². The van der Waals surface area contributed by atoms with Crippen molar-refractivity contribution in [3.63, 3.8) is 0 Å². The molecule has 0 spiro atoms. The number of thiophene rings is 1. The maximum absolute atomic E-state index is 12.4. The van der Waals surface area contributed by atoms with E-state index in [1.165, 1.54) is 41.8 Å². The van der Waals surface area contributed by atoms with Crippen LogP contribution in [0.4, 0.5) is 11.6 Å². The summed E-state index contributed by atoms with van der Waals surface area (Å²) in [6.07, 6.45) is 1.48. The fraction of sp³-hybridized carbons (Fsp3) is 0.118. The number of rotatable bonds is 5. The lowest BCUT2D eigenvalue weighted by atomic mass is 10.3. The molecule has 0 saturated carbocycles. The lowest BCUT2D eigenvalue weighted by Gasteiger charge is -2.08. The van der Waals surface area contributed by atoms with E-state index in [1.807, 2.05) is 13.0 Å². The van der Waals surface area contributed by atoms with Gasteiger partial charge in [-0.1, -0.05) is 0 Å². The predicted molar refractivity (Wildman–Crippen MR) is 101 cm³/mol. The summed E-state index contributed by atoms with van der Waals surface area (Å²) in [6.45, 7) is 3.66. The third-order valence-electron chi connectivity index (χ3n) is 3.41. The highest BCUT2D eigenvalue weighted by Crippen LogP contribution is 2.19. The number of hydrogen-bond acceptors (Lipinski definition) is 6. The van der Waals surface area contributed by atoms with Gasteiger partial charge in [-0.2, -0.15) is 0 Å². The van der Waals surface area contributed by atoms with E-state index in [1.54, 1.807) is 19.1 Å². The van der Waals surface area contributed by atoms with E-state index in [0.717, 1.165) is 4.88 Å². The molecule has 1 amide bonds. The first-order valence-corrected chi connectivity index (χ1v) is 9.94. The molecular weight excluding hydrogens is 372 g/mol. The summed E-state index contributed by atoms with van der Waals surface area (Å²) in [5.41, 5.74) is 1.16. The molecule has 0 aliphatic carbocycles. The zero-order valence-electron chi connectivity index (χ0n) is 14.1. The summed E-state index contributed by atoms with van der Waals surface area (Å²) < 4.78 is 27.1. The van der Waals surface area contributed by atoms with E-state index in [-0.39, 0.29) is 16.8 Å². The number of amides is 1. The smallest absolute Gasteiger partial charge is 0.265 e. The van der Waals surface area contributed by atoms with Crippen LogP contribution < -0.4 is 10.0 Å². The second-order valence-electron chi connectivity index (χ2n) is 5.52. The predicted octanol–water partition coefficient (Wildman–Crippen LogP) is 3.21. The Morgan fingerprint density at radius 2 is 1.77 bits per heavy atom. The maximum atomic E-state index is 12.4. The van der Waals surface area contributed by atoms with Crippen molar-refractivity contribution in [2.24, 2.45) is 0 Å². The van der Waals surface area contributed by atoms with Crippen molar-refractivity contribution >= 4 is 38.9 Å². The monoisotopic (exact) mass is 388 g/mol. The molecule has 0 aliphatic rings. The van der Waals surface area contributed by atoms with E-state index in [0.29, 0.717) is 16.3 Å². The molecule has 2 N–H and O–H groups in total. The van der Waals surface area contributed by atoms with Crippen LogP contribution in [0.3, 0.4) is 0 Å². The maximum Gasteiger partial charge on any atom is 0.265 e. The van der Waals surface area contributed by atoms with Gasteiger partial charge in [0, 0.05) is 22.5 Å². The van der Waals surface area contributed by atoms with Gasteiger partial charge < -0.3 is 5.32 Å². The van der Waals surface area contributed by atoms with E-state index >= 15 is 0 Å². The minimum atomic E-state index is -3.81. The van der Waals surface area contributed by atoms with Gasteiger partial charge in [-0.3, -0.25) is 4.79 Å². The van der Waals surface area contributed by atoms with E-state index < -0.39 is 10.0 Å². The largest absolute Gasteiger partial charge is 0.321 e. The van der Waals surface area contributed by atoms with Crippen molar-refractivity contribution in [3.05, 3.63) is 64.1 Å². The van der Waals surface area contributed by atoms with Crippen LogP contribution in [-0.4, -0.2) is 24.3 Å². The first-order chi connectivity index (χ1) is 12.3. The highest BCUT2D eigenvalue weighted by Gasteiger charge is 2.16. The molecule has 0 atom stereocenters. The first kappa shape index (κ1) is 18.0. The third kappa shape index (κ3) is 4.24. The Morgan fingerprint density at radius 3 is 2.38 bits per heavy atom. The van der Waals surface area contributed by atoms with Gasteiger partial charge in [0.1, 0.15) is 0 Å². The fourth-order valence-electron chi connectivity index (χ4n) is 2.14. The van der Waals surface area contributed by atoms with E-state index in [2.05, 4.69) is 20.0 Å². The van der Waals surface area contributed by atoms with E-state index in [9.17, 15) is 13.2 Å². The summed E-state index contributed by atoms with van der Waals surface area (Å²) in [7, 11) is -3.81. The molecule has 0 unspecified atom stereocenters. The van der Waals surface area contributed by atoms with Gasteiger partial charge in [-0.25, -0.2) is 23.1 Å². The quantitative estimate of drug-likeness (QED) is 0.699. The summed E-state index contributed by atoms with van der Waals surface area (Å²) in [5.74, 6) is -0.222. The van der Waals surface area contributed by atoms with Crippen LogP contribution in [-0.2, 0) is 10.0 Å². The molecule has 0 aliphatic heterocycles. The Balaban J connectivity index is 1.73. The topological polar surface area (TPSA) is 101 Å². The molecule has 1 aromatic carbocycles. The minimum absolute atomic E-state index is 0.00967. The molecule has 7 nitrogen and oxygen atoms in total. The summed E-state index contributed by atoms with van der Waals surface area (Å²) in [6, 6.07) is 11.2. The molecule has 2 heterocycles. The van der Waals surface area contributed by atoms with Crippen molar-refractivity contribution in [1.82, 2.24) is 9.97 Å². The Kier molecular flexibility index (Phi) is 5.01. The van der Waals surface area contributed by atoms with Crippen molar-refractivity contribution < 1.29 is 13.2 Å². The number of nitrogens with one attached hydrogen (secondary N) is 2. The average Bonchev–Trinajstić information content (AvgIpc) is 3.01. The second kappa shape index (κ2) is 7.22. The van der Waals surface area contributed by atoms with Crippen LogP contribution in [0.1, 0.15) is 20.2 Å². The Labute approximate surface area is 155 Å². The molecule has 0 radical (unpaired) electrons. The lowest BCUT2D eigenvalue weighted by molar-refractivity contribution is 0.103. The number of carbonyl (C=O) groups excluding carboxylic acids is 1. The average molecular weight is 388 g/mol. The van der Waals surface area contributed by atoms with Gasteiger partial charge in [0.2, 0.25) is 5.95 Å². The van der Waals surface area contributed by atoms with Gasteiger partial charge in [-0.15, -0.1) is 11.3 Å². The molecule has 9 heteroatoms. The van der Waals surface area contributed by atoms with Crippen LogP contribution >= 0.6 is 11.3 Å². The molecule has 0 fully saturated rings. The van der Waals surface area contributed by atoms with Gasteiger partial charge in [-0.05, 0) is 56.3 Å². The number of aromatic nitrogens is 2. The number of benzene rings is 1. The zero-order valence-corrected chi connectivity index (χ0v) is 15.7. The number of anilines is 2. The van der Waals surface area contributed by atoms with Crippen molar-refractivity contribution in [2.45, 2.75) is 18.7 Å². The van der Waals surface area contributed by atoms with Gasteiger partial charge in [0.05, 0.1) is 9.77 Å². The van der Waals surface area contributed by atoms with Gasteiger partial charge in [0.25, 0.3) is 15.9 Å². The number of sulfonamides is 1. The fourth-order valence-corrected chi connectivity index (χ4v) is 3.86. The van der Waals surface area contributed by atoms with E-state index in [4.69, 9.17) is 0 Å². The number of aryl methyl sites for hydroxylation is 2. The molecular formula is C17H16N4O3S2. The number of carbonyl (C=O) groups is 1. The summed E-state index contributed by atoms with van der Waals surface area (Å²) in [4.78, 5) is 21.7. The van der Waals surface area contributed by atoms with Gasteiger partial charge >= 0.3 is 0 Å². The van der Waals surface area contributed by atoms with Crippen molar-refractivity contribution in [1.29, 1.82) is 0 Å². The molecule has 0 saturated heterocycles. The third-order valence-corrected chi connectivity index (χ3v) is 5.75. The Bertz CT molecular complexity index is 1040. The second-order valence-corrected chi connectivity index (χ2v) is 8.49. The SMILES string of the molecule is Cc1ccnc(NS(=O)(=O)c2ccc(NC(=O)c3ccc(C)s3)cc2)n1. The summed E-state index contributed by atoms with van der Waals surface area (Å²) in [5, 5.41) is 2.74. The minimum Gasteiger partial charge on any atom is -0.321 e. The van der Waals surface area contributed by atoms with Crippen molar-refractivity contribution in [2.75, 3.05) is 10.0 Å². The van der Waals surface area contributed by atoms with Crippen LogP contribution in [0.2, 0.25) is 0 Å². The molecule has 26 heavy (non-hydrogen) atoms. The zero-order chi connectivity index (χ0) is 18.7. The van der Waals surface area contributed by atoms with Gasteiger partial charge in [0.15, 0.2) is 0 Å². The normalized spacial score (nSPS) is 11.2. The molecule has 3 rings (SSSR count). The number of nitrogens with zero attached hydrogens (tertiary/aromatic N) is 2. The Hall–Kier alpha value is -2.78. The van der Waals surface area contributed by atoms with Crippen LogP contribution in [0.5, 0.6) is 0 Å². The molecule has 3 aromatic rings. The molecule has 0 bridgehead atoms. The summed E-state index contributed by atoms with van der Waals surface area (Å²) >= 11 is 1.39. The van der Waals surface area contributed by atoms with Crippen LogP contribution in [0.15, 0.2) is 53.6 Å². The number of hydrogen-bond donors (Lipinski definition) is 2. The van der Waals surface area contributed by atoms with Crippen molar-refractivity contribution in [3.8, 4) is 0 Å². The highest BCUT2D eigenvalue weighted by molar-refractivity contribution is 7.92. The molecule has 2 aromatic heterocycles. The molecule has 134 valence electrons. The first-order valence-electron chi connectivity index (χ1n) is 7.64. The van der Waals surface area contributed by atoms with Crippen LogP contribution in [0.25, 0.3) is 0 Å². The lowest BCUT2D eigenvalue weighted by Crippen LogP contribution is -2.15. The standard InChI is InChI=1S/C17H16N4O3S2/c1-11-9-10-18-17(19-11)21-26(23,24)14-6-4-13(5-7-14)20-16(22)15-8-3-12(2)25-15/h3-10H,1-2H3,(H,20,22)(H,18,19,21). The Morgan fingerprint density at radius 1 is 1.04 bits per heavy atom. The highest BCUT2D eigenvalue weighted by atomic mass is 32.2.